The molecule has 18 heavy (non-hydrogen) atoms. The smallest absolute Gasteiger partial charge is 0.254 e. The fourth-order valence-corrected chi connectivity index (χ4v) is 1.54. The highest BCUT2D eigenvalue weighted by Crippen LogP contribution is 2.02. The average Bonchev–Trinajstić information content (AvgIpc) is 2.37. The molecule has 0 saturated heterocycles. The van der Waals surface area contributed by atoms with E-state index in [1.165, 1.54) is 10.6 Å². The van der Waals surface area contributed by atoms with Gasteiger partial charge in [0, 0.05) is 51.6 Å². The first-order chi connectivity index (χ1) is 8.60. The first-order valence-electron chi connectivity index (χ1n) is 5.75. The number of aryl methyl sites for hydroxylation is 1. The number of carbonyl (C=O) groups is 1. The molecule has 0 radical (unpaired) electrons. The van der Waals surface area contributed by atoms with Crippen molar-refractivity contribution in [3.05, 3.63) is 34.2 Å². The fraction of sp³-hybridized carbons (Fsp3) is 0.500. The molecule has 1 aromatic rings. The van der Waals surface area contributed by atoms with Gasteiger partial charge in [-0.25, -0.2) is 0 Å². The second kappa shape index (κ2) is 6.93. The Hall–Kier alpha value is -1.66. The van der Waals surface area contributed by atoms with E-state index >= 15 is 0 Å². The third-order valence-electron chi connectivity index (χ3n) is 2.60. The maximum absolute atomic E-state index is 12.2. The Labute approximate surface area is 106 Å². The number of methoxy groups -OCH3 is 1. The molecule has 0 aliphatic carbocycles. The number of ether oxygens (including phenoxy) is 1. The van der Waals surface area contributed by atoms with Crippen LogP contribution in [0.4, 0.5) is 0 Å². The minimum Gasteiger partial charge on any atom is -0.383 e. The lowest BCUT2D eigenvalue weighted by molar-refractivity contribution is 0.0701. The van der Waals surface area contributed by atoms with Crippen LogP contribution in [0.15, 0.2) is 23.1 Å². The predicted molar refractivity (Wildman–Crippen MR) is 68.5 cm³/mol. The highest BCUT2D eigenvalue weighted by Gasteiger charge is 2.15. The molecule has 2 N–H and O–H groups in total. The minimum absolute atomic E-state index is 0.199. The lowest BCUT2D eigenvalue weighted by Crippen LogP contribution is -2.38. The molecule has 6 heteroatoms. The molecule has 1 rings (SSSR count). The summed E-state index contributed by atoms with van der Waals surface area (Å²) in [6.07, 6.45) is 1.58. The van der Waals surface area contributed by atoms with E-state index in [1.54, 1.807) is 31.3 Å². The van der Waals surface area contributed by atoms with Gasteiger partial charge in [0.1, 0.15) is 0 Å². The zero-order chi connectivity index (χ0) is 13.5. The number of amides is 1. The second-order valence-corrected chi connectivity index (χ2v) is 3.94. The van der Waals surface area contributed by atoms with Crippen molar-refractivity contribution in [2.45, 2.75) is 0 Å². The number of nitrogens with zero attached hydrogens (tertiary/aromatic N) is 2. The minimum atomic E-state index is -0.208. The third-order valence-corrected chi connectivity index (χ3v) is 2.60. The lowest BCUT2D eigenvalue weighted by atomic mass is 10.2. The van der Waals surface area contributed by atoms with E-state index in [0.29, 0.717) is 31.8 Å². The van der Waals surface area contributed by atoms with Crippen molar-refractivity contribution in [2.75, 3.05) is 33.4 Å². The van der Waals surface area contributed by atoms with Gasteiger partial charge in [0.05, 0.1) is 6.61 Å². The van der Waals surface area contributed by atoms with E-state index in [2.05, 4.69) is 0 Å². The molecule has 1 amide bonds. The van der Waals surface area contributed by atoms with Gasteiger partial charge in [-0.2, -0.15) is 0 Å². The van der Waals surface area contributed by atoms with Crippen molar-refractivity contribution in [2.24, 2.45) is 12.8 Å². The highest BCUT2D eigenvalue weighted by atomic mass is 16.5. The normalized spacial score (nSPS) is 10.4. The number of pyridine rings is 1. The summed E-state index contributed by atoms with van der Waals surface area (Å²) in [6, 6.07) is 2.96. The highest BCUT2D eigenvalue weighted by molar-refractivity contribution is 5.94. The molecule has 0 spiro atoms. The van der Waals surface area contributed by atoms with Crippen molar-refractivity contribution in [3.63, 3.8) is 0 Å². The van der Waals surface area contributed by atoms with E-state index in [-0.39, 0.29) is 11.5 Å². The van der Waals surface area contributed by atoms with Crippen LogP contribution in [0.2, 0.25) is 0 Å². The summed E-state index contributed by atoms with van der Waals surface area (Å²) in [5.74, 6) is -0.199. The number of rotatable bonds is 6. The van der Waals surface area contributed by atoms with Crippen LogP contribution < -0.4 is 11.3 Å². The van der Waals surface area contributed by atoms with Gasteiger partial charge < -0.3 is 19.9 Å². The average molecular weight is 253 g/mol. The number of hydrogen-bond acceptors (Lipinski definition) is 4. The van der Waals surface area contributed by atoms with E-state index in [0.717, 1.165) is 0 Å². The van der Waals surface area contributed by atoms with Gasteiger partial charge in [0.2, 0.25) is 0 Å². The number of hydrogen-bond donors (Lipinski definition) is 1. The topological polar surface area (TPSA) is 77.6 Å². The molecule has 0 aliphatic heterocycles. The van der Waals surface area contributed by atoms with Gasteiger partial charge in [-0.3, -0.25) is 9.59 Å². The molecule has 1 aromatic heterocycles. The van der Waals surface area contributed by atoms with Crippen molar-refractivity contribution in [3.8, 4) is 0 Å². The molecule has 0 aromatic carbocycles. The summed E-state index contributed by atoms with van der Waals surface area (Å²) in [5, 5.41) is 0. The predicted octanol–water partition coefficient (Wildman–Crippen LogP) is -0.567. The molecular formula is C12H19N3O3. The second-order valence-electron chi connectivity index (χ2n) is 3.94. The summed E-state index contributed by atoms with van der Waals surface area (Å²) in [5.41, 5.74) is 5.64. The van der Waals surface area contributed by atoms with Crippen LogP contribution >= 0.6 is 0 Å². The fourth-order valence-electron chi connectivity index (χ4n) is 1.54. The Balaban J connectivity index is 2.87. The molecule has 0 atom stereocenters. The monoisotopic (exact) mass is 253 g/mol. The van der Waals surface area contributed by atoms with Gasteiger partial charge in [-0.15, -0.1) is 0 Å². The van der Waals surface area contributed by atoms with Gasteiger partial charge in [0.25, 0.3) is 11.5 Å². The Morgan fingerprint density at radius 3 is 2.78 bits per heavy atom. The van der Waals surface area contributed by atoms with Crippen LogP contribution in [0.1, 0.15) is 10.4 Å². The van der Waals surface area contributed by atoms with Crippen molar-refractivity contribution in [1.82, 2.24) is 9.47 Å². The lowest BCUT2D eigenvalue weighted by Gasteiger charge is -2.21. The van der Waals surface area contributed by atoms with Crippen molar-refractivity contribution < 1.29 is 9.53 Å². The molecule has 0 bridgehead atoms. The molecule has 0 saturated carbocycles. The Kier molecular flexibility index (Phi) is 5.54. The van der Waals surface area contributed by atoms with Crippen LogP contribution in [0.5, 0.6) is 0 Å². The van der Waals surface area contributed by atoms with Gasteiger partial charge >= 0.3 is 0 Å². The van der Waals surface area contributed by atoms with Crippen molar-refractivity contribution >= 4 is 5.91 Å². The molecular weight excluding hydrogens is 234 g/mol. The van der Waals surface area contributed by atoms with Gasteiger partial charge in [0.15, 0.2) is 0 Å². The Morgan fingerprint density at radius 1 is 1.50 bits per heavy atom. The Bertz CT molecular complexity index is 456. The third kappa shape index (κ3) is 3.68. The van der Waals surface area contributed by atoms with Crippen LogP contribution in [0.3, 0.4) is 0 Å². The first-order valence-corrected chi connectivity index (χ1v) is 5.75. The summed E-state index contributed by atoms with van der Waals surface area (Å²) < 4.78 is 6.36. The van der Waals surface area contributed by atoms with Gasteiger partial charge in [-0.05, 0) is 6.07 Å². The van der Waals surface area contributed by atoms with E-state index in [9.17, 15) is 9.59 Å². The molecule has 100 valence electrons. The standard InChI is InChI=1S/C12H19N3O3/c1-14-5-3-10(9-11(14)16)12(17)15(6-4-13)7-8-18-2/h3,5,9H,4,6-8,13H2,1-2H3. The number of nitrogens with two attached hydrogens (primary N) is 1. The van der Waals surface area contributed by atoms with Gasteiger partial charge in [-0.1, -0.05) is 0 Å². The first kappa shape index (κ1) is 14.4. The summed E-state index contributed by atoms with van der Waals surface area (Å²) in [4.78, 5) is 25.2. The molecule has 0 fully saturated rings. The van der Waals surface area contributed by atoms with Crippen LogP contribution in [0, 0.1) is 0 Å². The summed E-state index contributed by atoms with van der Waals surface area (Å²) in [6.45, 7) is 1.72. The largest absolute Gasteiger partial charge is 0.383 e. The summed E-state index contributed by atoms with van der Waals surface area (Å²) in [7, 11) is 3.21. The zero-order valence-electron chi connectivity index (χ0n) is 10.8. The maximum Gasteiger partial charge on any atom is 0.254 e. The van der Waals surface area contributed by atoms with Crippen LogP contribution in [-0.2, 0) is 11.8 Å². The molecule has 0 aliphatic rings. The SMILES string of the molecule is COCCN(CCN)C(=O)c1ccn(C)c(=O)c1. The van der Waals surface area contributed by atoms with E-state index < -0.39 is 0 Å². The molecule has 1 heterocycles. The quantitative estimate of drug-likeness (QED) is 0.736. The van der Waals surface area contributed by atoms with E-state index in [4.69, 9.17) is 10.5 Å². The van der Waals surface area contributed by atoms with Crippen LogP contribution in [-0.4, -0.2) is 48.7 Å². The van der Waals surface area contributed by atoms with Crippen molar-refractivity contribution in [1.29, 1.82) is 0 Å². The Morgan fingerprint density at radius 2 is 2.22 bits per heavy atom. The number of aromatic nitrogens is 1. The molecule has 6 nitrogen and oxygen atoms in total. The summed E-state index contributed by atoms with van der Waals surface area (Å²) >= 11 is 0. The number of carbonyl (C=O) groups excluding carboxylic acids is 1. The van der Waals surface area contributed by atoms with E-state index in [1.807, 2.05) is 0 Å². The zero-order valence-corrected chi connectivity index (χ0v) is 10.8. The maximum atomic E-state index is 12.2. The molecule has 0 unspecified atom stereocenters. The van der Waals surface area contributed by atoms with Crippen LogP contribution in [0.25, 0.3) is 0 Å².